The topological polar surface area (TPSA) is 49.3 Å². The van der Waals surface area contributed by atoms with Gasteiger partial charge in [-0.25, -0.2) is 0 Å². The summed E-state index contributed by atoms with van der Waals surface area (Å²) in [5.41, 5.74) is -0.682. The van der Waals surface area contributed by atoms with Crippen LogP contribution in [0.2, 0.25) is 0 Å². The van der Waals surface area contributed by atoms with Crippen LogP contribution in [0, 0.1) is 0 Å². The lowest BCUT2D eigenvalue weighted by Gasteiger charge is -2.27. The van der Waals surface area contributed by atoms with Crippen LogP contribution in [-0.4, -0.2) is 33.7 Å². The Morgan fingerprint density at radius 1 is 1.69 bits per heavy atom. The highest BCUT2D eigenvalue weighted by Crippen LogP contribution is 2.34. The molecule has 1 saturated heterocycles. The van der Waals surface area contributed by atoms with Crippen molar-refractivity contribution in [3.8, 4) is 0 Å². The molecule has 0 aromatic heterocycles. The first kappa shape index (κ1) is 10.9. The quantitative estimate of drug-likeness (QED) is 0.726. The molecule has 76 valence electrons. The average Bonchev–Trinajstić information content (AvgIpc) is 2.31. The Kier molecular flexibility index (Phi) is 3.24. The van der Waals surface area contributed by atoms with E-state index < -0.39 is 11.5 Å². The third-order valence-corrected chi connectivity index (χ3v) is 3.62. The van der Waals surface area contributed by atoms with Gasteiger partial charge < -0.3 is 5.11 Å². The first-order valence-electron chi connectivity index (χ1n) is 4.59. The molecule has 0 aromatic rings. The smallest absolute Gasteiger partial charge is 0.324 e. The van der Waals surface area contributed by atoms with Gasteiger partial charge in [0.1, 0.15) is 5.54 Å². The fraction of sp³-hybridized carbons (Fsp3) is 0.889. The normalized spacial score (nSPS) is 34.0. The van der Waals surface area contributed by atoms with Crippen LogP contribution < -0.4 is 5.32 Å². The minimum atomic E-state index is -0.710. The highest BCUT2D eigenvalue weighted by Gasteiger charge is 2.44. The molecular weight excluding hydrogens is 186 g/mol. The van der Waals surface area contributed by atoms with Crippen molar-refractivity contribution < 1.29 is 9.90 Å². The Labute approximate surface area is 83.3 Å². The van der Waals surface area contributed by atoms with Crippen molar-refractivity contribution in [1.29, 1.82) is 0 Å². The van der Waals surface area contributed by atoms with E-state index in [4.69, 9.17) is 5.11 Å². The maximum atomic E-state index is 11.1. The molecule has 3 nitrogen and oxygen atoms in total. The van der Waals surface area contributed by atoms with Gasteiger partial charge in [-0.3, -0.25) is 10.1 Å². The molecule has 1 rings (SSSR count). The third kappa shape index (κ3) is 2.38. The molecule has 0 aromatic carbocycles. The highest BCUT2D eigenvalue weighted by molar-refractivity contribution is 8.00. The van der Waals surface area contributed by atoms with E-state index in [1.54, 1.807) is 11.8 Å². The number of carboxylic acids is 1. The van der Waals surface area contributed by atoms with Gasteiger partial charge in [0.25, 0.3) is 0 Å². The predicted octanol–water partition coefficient (Wildman–Crippen LogP) is 1.33. The Bertz CT molecular complexity index is 208. The minimum absolute atomic E-state index is 0.224. The number of aliphatic carboxylic acids is 1. The molecule has 0 amide bonds. The van der Waals surface area contributed by atoms with Crippen molar-refractivity contribution in [1.82, 2.24) is 5.32 Å². The van der Waals surface area contributed by atoms with Crippen molar-refractivity contribution in [3.63, 3.8) is 0 Å². The van der Waals surface area contributed by atoms with Crippen LogP contribution in [0.15, 0.2) is 0 Å². The molecule has 13 heavy (non-hydrogen) atoms. The Balaban J connectivity index is 2.71. The number of rotatable bonds is 3. The van der Waals surface area contributed by atoms with E-state index in [1.807, 2.05) is 13.8 Å². The van der Waals surface area contributed by atoms with Gasteiger partial charge in [-0.1, -0.05) is 6.92 Å². The molecule has 1 fully saturated rings. The van der Waals surface area contributed by atoms with Crippen molar-refractivity contribution >= 4 is 17.7 Å². The third-order valence-electron chi connectivity index (χ3n) is 2.22. The van der Waals surface area contributed by atoms with Gasteiger partial charge in [-0.2, -0.15) is 11.8 Å². The molecule has 0 spiro atoms. The minimum Gasteiger partial charge on any atom is -0.480 e. The summed E-state index contributed by atoms with van der Waals surface area (Å²) in [5, 5.41) is 12.8. The zero-order chi connectivity index (χ0) is 10.1. The molecule has 2 N–H and O–H groups in total. The summed E-state index contributed by atoms with van der Waals surface area (Å²) in [4.78, 5) is 11.1. The molecule has 0 bridgehead atoms. The van der Waals surface area contributed by atoms with Crippen LogP contribution in [0.4, 0.5) is 0 Å². The van der Waals surface area contributed by atoms with Crippen molar-refractivity contribution in [2.24, 2.45) is 0 Å². The molecule has 2 atom stereocenters. The number of thioether (sulfide) groups is 1. The van der Waals surface area contributed by atoms with Crippen molar-refractivity contribution in [2.75, 3.05) is 5.75 Å². The first-order chi connectivity index (χ1) is 5.96. The van der Waals surface area contributed by atoms with Crippen molar-refractivity contribution in [3.05, 3.63) is 0 Å². The summed E-state index contributed by atoms with van der Waals surface area (Å²) in [6.45, 7) is 6.05. The number of hydrogen-bond donors (Lipinski definition) is 2. The Hall–Kier alpha value is -0.220. The molecular formula is C9H17NO2S. The second-order valence-corrected chi connectivity index (χ2v) is 5.44. The van der Waals surface area contributed by atoms with Gasteiger partial charge in [0.15, 0.2) is 0 Å². The highest BCUT2D eigenvalue weighted by atomic mass is 32.2. The summed E-state index contributed by atoms with van der Waals surface area (Å²) in [6.07, 6.45) is 0.727. The molecule has 4 heteroatoms. The van der Waals surface area contributed by atoms with Crippen LogP contribution in [-0.2, 0) is 4.79 Å². The van der Waals surface area contributed by atoms with E-state index in [0.717, 1.165) is 6.42 Å². The predicted molar refractivity (Wildman–Crippen MR) is 55.2 cm³/mol. The molecule has 1 aliphatic rings. The van der Waals surface area contributed by atoms with E-state index in [-0.39, 0.29) is 6.04 Å². The van der Waals surface area contributed by atoms with Crippen LogP contribution in [0.3, 0.4) is 0 Å². The summed E-state index contributed by atoms with van der Waals surface area (Å²) >= 11 is 1.73. The number of nitrogens with one attached hydrogen (secondary N) is 1. The lowest BCUT2D eigenvalue weighted by Crippen LogP contribution is -2.55. The summed E-state index contributed by atoms with van der Waals surface area (Å²) in [5.74, 6) is -0.0279. The fourth-order valence-electron chi connectivity index (χ4n) is 1.76. The van der Waals surface area contributed by atoms with Gasteiger partial charge in [-0.05, 0) is 20.3 Å². The van der Waals surface area contributed by atoms with Crippen LogP contribution in [0.25, 0.3) is 0 Å². The molecule has 1 aliphatic heterocycles. The second kappa shape index (κ2) is 3.88. The monoisotopic (exact) mass is 203 g/mol. The first-order valence-corrected chi connectivity index (χ1v) is 5.64. The van der Waals surface area contributed by atoms with E-state index in [2.05, 4.69) is 12.2 Å². The number of hydrogen-bond acceptors (Lipinski definition) is 3. The van der Waals surface area contributed by atoms with E-state index >= 15 is 0 Å². The zero-order valence-electron chi connectivity index (χ0n) is 8.33. The van der Waals surface area contributed by atoms with Gasteiger partial charge in [0.2, 0.25) is 0 Å². The molecule has 0 aliphatic carbocycles. The Morgan fingerprint density at radius 2 is 2.31 bits per heavy atom. The molecule has 1 heterocycles. The maximum absolute atomic E-state index is 11.1. The van der Waals surface area contributed by atoms with Gasteiger partial charge in [0, 0.05) is 17.0 Å². The summed E-state index contributed by atoms with van der Waals surface area (Å²) in [7, 11) is 0. The van der Waals surface area contributed by atoms with Crippen LogP contribution in [0.5, 0.6) is 0 Å². The van der Waals surface area contributed by atoms with Crippen molar-refractivity contribution in [2.45, 2.75) is 44.0 Å². The maximum Gasteiger partial charge on any atom is 0.324 e. The van der Waals surface area contributed by atoms with E-state index in [0.29, 0.717) is 11.0 Å². The van der Waals surface area contributed by atoms with Gasteiger partial charge >= 0.3 is 5.97 Å². The van der Waals surface area contributed by atoms with E-state index in [9.17, 15) is 4.79 Å². The summed E-state index contributed by atoms with van der Waals surface area (Å²) < 4.78 is 0. The lowest BCUT2D eigenvalue weighted by molar-refractivity contribution is -0.144. The SMILES string of the molecule is CC(C)NC1(C(=O)O)CSC(C)C1. The standard InChI is InChI=1S/C9H17NO2S/c1-6(2)10-9(8(11)12)4-7(3)13-5-9/h6-7,10H,4-5H2,1-3H3,(H,11,12). The molecule has 0 saturated carbocycles. The van der Waals surface area contributed by atoms with Crippen LogP contribution >= 0.6 is 11.8 Å². The second-order valence-electron chi connectivity index (χ2n) is 4.01. The zero-order valence-corrected chi connectivity index (χ0v) is 9.15. The molecule has 0 radical (unpaired) electrons. The van der Waals surface area contributed by atoms with Gasteiger partial charge in [0.05, 0.1) is 0 Å². The number of carbonyl (C=O) groups is 1. The van der Waals surface area contributed by atoms with Gasteiger partial charge in [-0.15, -0.1) is 0 Å². The number of carboxylic acid groups (broad SMARTS) is 1. The largest absolute Gasteiger partial charge is 0.480 e. The van der Waals surface area contributed by atoms with Crippen LogP contribution in [0.1, 0.15) is 27.2 Å². The summed E-state index contributed by atoms with van der Waals surface area (Å²) in [6, 6.07) is 0.224. The lowest BCUT2D eigenvalue weighted by atomic mass is 9.95. The molecule has 2 unspecified atom stereocenters. The average molecular weight is 203 g/mol. The fourth-order valence-corrected chi connectivity index (χ4v) is 3.05. The Morgan fingerprint density at radius 3 is 2.62 bits per heavy atom. The van der Waals surface area contributed by atoms with E-state index in [1.165, 1.54) is 0 Å².